The highest BCUT2D eigenvalue weighted by atomic mass is 35.5. The molecular weight excluding hydrogens is 360 g/mol. The number of aryl methyl sites for hydroxylation is 1. The number of carbonyl (C=O) groups is 2. The van der Waals surface area contributed by atoms with E-state index in [1.807, 2.05) is 0 Å². The van der Waals surface area contributed by atoms with E-state index in [2.05, 4.69) is 5.32 Å². The molecule has 0 unspecified atom stereocenters. The summed E-state index contributed by atoms with van der Waals surface area (Å²) < 4.78 is 4.85. The highest BCUT2D eigenvalue weighted by molar-refractivity contribution is 6.32. The van der Waals surface area contributed by atoms with Gasteiger partial charge in [0.2, 0.25) is 0 Å². The van der Waals surface area contributed by atoms with Crippen molar-refractivity contribution < 1.29 is 19.2 Å². The van der Waals surface area contributed by atoms with Crippen molar-refractivity contribution in [2.75, 3.05) is 11.9 Å². The number of amides is 1. The molecule has 0 bridgehead atoms. The Balaban J connectivity index is 1.88. The second-order valence-corrected chi connectivity index (χ2v) is 5.67. The van der Waals surface area contributed by atoms with Gasteiger partial charge in [-0.05, 0) is 36.3 Å². The molecule has 0 saturated carbocycles. The molecule has 0 aliphatic carbocycles. The third-order valence-corrected chi connectivity index (χ3v) is 3.69. The fraction of sp³-hybridized carbons (Fsp3) is 0.111. The van der Waals surface area contributed by atoms with Crippen LogP contribution in [0.25, 0.3) is 6.08 Å². The van der Waals surface area contributed by atoms with Gasteiger partial charge < -0.3 is 10.1 Å². The Kier molecular flexibility index (Phi) is 6.46. The van der Waals surface area contributed by atoms with E-state index in [0.717, 1.165) is 0 Å². The molecule has 0 spiro atoms. The van der Waals surface area contributed by atoms with Gasteiger partial charge in [0.05, 0.1) is 4.92 Å². The maximum absolute atomic E-state index is 11.8. The summed E-state index contributed by atoms with van der Waals surface area (Å²) in [7, 11) is 0. The zero-order chi connectivity index (χ0) is 19.1. The first-order chi connectivity index (χ1) is 12.4. The van der Waals surface area contributed by atoms with Crippen LogP contribution in [0.1, 0.15) is 11.1 Å². The Bertz CT molecular complexity index is 880. The van der Waals surface area contributed by atoms with E-state index >= 15 is 0 Å². The van der Waals surface area contributed by atoms with Gasteiger partial charge in [-0.2, -0.15) is 0 Å². The first-order valence-corrected chi connectivity index (χ1v) is 7.89. The molecule has 0 radical (unpaired) electrons. The Morgan fingerprint density at radius 3 is 2.65 bits per heavy atom. The summed E-state index contributed by atoms with van der Waals surface area (Å²) >= 11 is 5.96. The number of anilines is 1. The molecule has 8 heteroatoms. The van der Waals surface area contributed by atoms with Gasteiger partial charge in [-0.1, -0.05) is 29.8 Å². The predicted molar refractivity (Wildman–Crippen MR) is 97.9 cm³/mol. The number of halogens is 1. The van der Waals surface area contributed by atoms with Crippen LogP contribution < -0.4 is 5.32 Å². The van der Waals surface area contributed by atoms with Gasteiger partial charge >= 0.3 is 5.97 Å². The molecule has 0 heterocycles. The lowest BCUT2D eigenvalue weighted by atomic mass is 10.2. The monoisotopic (exact) mass is 374 g/mol. The molecule has 1 amide bonds. The molecule has 7 nitrogen and oxygen atoms in total. The smallest absolute Gasteiger partial charge is 0.331 e. The summed E-state index contributed by atoms with van der Waals surface area (Å²) in [5, 5.41) is 13.7. The molecule has 0 aliphatic rings. The molecule has 134 valence electrons. The number of nitrogens with zero attached hydrogens (tertiary/aromatic N) is 1. The number of ether oxygens (including phenoxy) is 1. The molecule has 2 aromatic carbocycles. The van der Waals surface area contributed by atoms with Crippen LogP contribution in [0.2, 0.25) is 5.02 Å². The first kappa shape index (κ1) is 19.1. The number of nitrogens with one attached hydrogen (secondary N) is 1. The van der Waals surface area contributed by atoms with Crippen molar-refractivity contribution in [3.8, 4) is 0 Å². The summed E-state index contributed by atoms with van der Waals surface area (Å²) in [4.78, 5) is 33.7. The highest BCUT2D eigenvalue weighted by Crippen LogP contribution is 2.21. The minimum Gasteiger partial charge on any atom is -0.452 e. The number of nitro groups is 1. The van der Waals surface area contributed by atoms with Gasteiger partial charge in [0.1, 0.15) is 0 Å². The fourth-order valence-electron chi connectivity index (χ4n) is 2.04. The maximum Gasteiger partial charge on any atom is 0.331 e. The summed E-state index contributed by atoms with van der Waals surface area (Å²) in [6.07, 6.45) is 2.66. The van der Waals surface area contributed by atoms with E-state index < -0.39 is 23.4 Å². The van der Waals surface area contributed by atoms with Crippen LogP contribution in [-0.4, -0.2) is 23.4 Å². The molecule has 2 rings (SSSR count). The Hall–Kier alpha value is -3.19. The summed E-state index contributed by atoms with van der Waals surface area (Å²) in [5.41, 5.74) is 1.51. The van der Waals surface area contributed by atoms with Crippen LogP contribution in [0.15, 0.2) is 48.5 Å². The fourth-order valence-corrected chi connectivity index (χ4v) is 2.24. The molecule has 26 heavy (non-hydrogen) atoms. The van der Waals surface area contributed by atoms with Gasteiger partial charge in [-0.25, -0.2) is 4.79 Å². The number of rotatable bonds is 6. The molecule has 0 saturated heterocycles. The van der Waals surface area contributed by atoms with E-state index in [9.17, 15) is 19.7 Å². The average molecular weight is 375 g/mol. The Morgan fingerprint density at radius 1 is 1.27 bits per heavy atom. The van der Waals surface area contributed by atoms with E-state index in [1.54, 1.807) is 31.2 Å². The molecule has 0 aliphatic heterocycles. The molecule has 0 aromatic heterocycles. The SMILES string of the molecule is Cc1cc([N+](=O)[O-])ccc1NC(=O)COC(=O)/C=C/c1ccccc1Cl. The van der Waals surface area contributed by atoms with Crippen molar-refractivity contribution in [2.45, 2.75) is 6.92 Å². The summed E-state index contributed by atoms with van der Waals surface area (Å²) in [5.74, 6) is -1.25. The second kappa shape index (κ2) is 8.77. The molecule has 1 N–H and O–H groups in total. The van der Waals surface area contributed by atoms with E-state index in [4.69, 9.17) is 16.3 Å². The van der Waals surface area contributed by atoms with Crippen LogP contribution in [-0.2, 0) is 14.3 Å². The summed E-state index contributed by atoms with van der Waals surface area (Å²) in [6, 6.07) is 11.0. The molecule has 0 atom stereocenters. The first-order valence-electron chi connectivity index (χ1n) is 7.51. The third-order valence-electron chi connectivity index (χ3n) is 3.34. The van der Waals surface area contributed by atoms with Crippen molar-refractivity contribution in [3.05, 3.63) is 74.8 Å². The Morgan fingerprint density at radius 2 is 2.00 bits per heavy atom. The van der Waals surface area contributed by atoms with Crippen LogP contribution in [0.4, 0.5) is 11.4 Å². The maximum atomic E-state index is 11.8. The normalized spacial score (nSPS) is 10.5. The van der Waals surface area contributed by atoms with Gasteiger partial charge in [-0.3, -0.25) is 14.9 Å². The zero-order valence-corrected chi connectivity index (χ0v) is 14.5. The highest BCUT2D eigenvalue weighted by Gasteiger charge is 2.11. The largest absolute Gasteiger partial charge is 0.452 e. The van der Waals surface area contributed by atoms with Crippen LogP contribution in [0.5, 0.6) is 0 Å². The van der Waals surface area contributed by atoms with Crippen LogP contribution >= 0.6 is 11.6 Å². The van der Waals surface area contributed by atoms with E-state index in [1.165, 1.54) is 30.4 Å². The van der Waals surface area contributed by atoms with Crippen molar-refractivity contribution >= 4 is 40.9 Å². The van der Waals surface area contributed by atoms with Crippen LogP contribution in [0, 0.1) is 17.0 Å². The molecule has 2 aromatic rings. The number of nitro benzene ring substituents is 1. The number of benzene rings is 2. The van der Waals surface area contributed by atoms with Gasteiger partial charge in [0.25, 0.3) is 11.6 Å². The minimum absolute atomic E-state index is 0.0726. The van der Waals surface area contributed by atoms with Crippen molar-refractivity contribution in [2.24, 2.45) is 0 Å². The third kappa shape index (κ3) is 5.42. The molecular formula is C18H15ClN2O5. The number of esters is 1. The number of non-ortho nitro benzene ring substituents is 1. The number of hydrogen-bond acceptors (Lipinski definition) is 5. The zero-order valence-electron chi connectivity index (χ0n) is 13.8. The van der Waals surface area contributed by atoms with Crippen molar-refractivity contribution in [1.82, 2.24) is 0 Å². The number of hydrogen-bond donors (Lipinski definition) is 1. The minimum atomic E-state index is -0.694. The van der Waals surface area contributed by atoms with Gasteiger partial charge in [0.15, 0.2) is 6.61 Å². The van der Waals surface area contributed by atoms with E-state index in [0.29, 0.717) is 21.8 Å². The lowest BCUT2D eigenvalue weighted by Crippen LogP contribution is -2.20. The number of carbonyl (C=O) groups excluding carboxylic acids is 2. The average Bonchev–Trinajstić information content (AvgIpc) is 2.60. The lowest BCUT2D eigenvalue weighted by molar-refractivity contribution is -0.384. The predicted octanol–water partition coefficient (Wildman–Crippen LogP) is 3.75. The van der Waals surface area contributed by atoms with Gasteiger partial charge in [0, 0.05) is 28.9 Å². The summed E-state index contributed by atoms with van der Waals surface area (Å²) in [6.45, 7) is 1.14. The van der Waals surface area contributed by atoms with Gasteiger partial charge in [-0.15, -0.1) is 0 Å². The second-order valence-electron chi connectivity index (χ2n) is 5.27. The lowest BCUT2D eigenvalue weighted by Gasteiger charge is -2.08. The quantitative estimate of drug-likeness (QED) is 0.359. The molecule has 0 fully saturated rings. The Labute approximate surface area is 154 Å². The van der Waals surface area contributed by atoms with Crippen LogP contribution in [0.3, 0.4) is 0 Å². The van der Waals surface area contributed by atoms with E-state index in [-0.39, 0.29) is 5.69 Å². The topological polar surface area (TPSA) is 98.5 Å². The standard InChI is InChI=1S/C18H15ClN2O5/c1-12-10-14(21(24)25)7-8-16(12)20-17(22)11-26-18(23)9-6-13-4-2-3-5-15(13)19/h2-10H,11H2,1H3,(H,20,22)/b9-6+. The van der Waals surface area contributed by atoms with Crippen molar-refractivity contribution in [1.29, 1.82) is 0 Å². The van der Waals surface area contributed by atoms with Crippen molar-refractivity contribution in [3.63, 3.8) is 0 Å².